The van der Waals surface area contributed by atoms with Crippen LogP contribution in [0.1, 0.15) is 46.4 Å². The second kappa shape index (κ2) is 7.61. The minimum absolute atomic E-state index is 0.0157. The lowest BCUT2D eigenvalue weighted by Crippen LogP contribution is -2.39. The van der Waals surface area contributed by atoms with E-state index in [9.17, 15) is 10.1 Å². The first-order chi connectivity index (χ1) is 13.7. The zero-order valence-electron chi connectivity index (χ0n) is 15.5. The molecule has 1 unspecified atom stereocenters. The Morgan fingerprint density at radius 1 is 1.29 bits per heavy atom. The third-order valence-electron chi connectivity index (χ3n) is 4.95. The van der Waals surface area contributed by atoms with Crippen LogP contribution in [0.25, 0.3) is 11.3 Å². The van der Waals surface area contributed by atoms with Crippen molar-refractivity contribution in [3.63, 3.8) is 0 Å². The molecule has 0 spiro atoms. The first kappa shape index (κ1) is 17.9. The van der Waals surface area contributed by atoms with Gasteiger partial charge in [-0.25, -0.2) is 0 Å². The predicted octanol–water partition coefficient (Wildman–Crippen LogP) is 3.33. The Hall–Kier alpha value is -3.53. The first-order valence-electron chi connectivity index (χ1n) is 9.20. The zero-order valence-corrected chi connectivity index (χ0v) is 15.5. The third-order valence-corrected chi connectivity index (χ3v) is 4.95. The lowest BCUT2D eigenvalue weighted by Gasteiger charge is -2.31. The van der Waals surface area contributed by atoms with Crippen molar-refractivity contribution < 1.29 is 9.32 Å². The van der Waals surface area contributed by atoms with E-state index in [1.165, 1.54) is 0 Å². The van der Waals surface area contributed by atoms with Gasteiger partial charge in [0.1, 0.15) is 6.07 Å². The van der Waals surface area contributed by atoms with Gasteiger partial charge in [0.05, 0.1) is 11.3 Å². The summed E-state index contributed by atoms with van der Waals surface area (Å²) in [5, 5.41) is 13.3. The number of piperidine rings is 1. The van der Waals surface area contributed by atoms with Gasteiger partial charge < -0.3 is 9.42 Å². The average Bonchev–Trinajstić information content (AvgIpc) is 3.20. The van der Waals surface area contributed by atoms with Crippen molar-refractivity contribution in [1.82, 2.24) is 20.0 Å². The van der Waals surface area contributed by atoms with E-state index < -0.39 is 0 Å². The van der Waals surface area contributed by atoms with Gasteiger partial charge in [0, 0.05) is 43.3 Å². The van der Waals surface area contributed by atoms with Crippen LogP contribution in [0, 0.1) is 18.3 Å². The number of hydrogen-bond acceptors (Lipinski definition) is 6. The number of rotatable bonds is 3. The van der Waals surface area contributed by atoms with Gasteiger partial charge in [-0.05, 0) is 37.1 Å². The van der Waals surface area contributed by atoms with Crippen LogP contribution in [0.2, 0.25) is 0 Å². The van der Waals surface area contributed by atoms with Crippen molar-refractivity contribution in [3.8, 4) is 17.3 Å². The Balaban J connectivity index is 1.51. The Labute approximate surface area is 162 Å². The van der Waals surface area contributed by atoms with Gasteiger partial charge >= 0.3 is 0 Å². The van der Waals surface area contributed by atoms with E-state index in [-0.39, 0.29) is 11.8 Å². The van der Waals surface area contributed by atoms with Gasteiger partial charge in [0.25, 0.3) is 5.91 Å². The zero-order chi connectivity index (χ0) is 19.5. The molecule has 3 aromatic rings. The van der Waals surface area contributed by atoms with Crippen molar-refractivity contribution in [1.29, 1.82) is 5.26 Å². The van der Waals surface area contributed by atoms with Crippen LogP contribution >= 0.6 is 0 Å². The van der Waals surface area contributed by atoms with Crippen LogP contribution in [0.15, 0.2) is 47.1 Å². The minimum atomic E-state index is -0.0157. The van der Waals surface area contributed by atoms with Gasteiger partial charge in [-0.15, -0.1) is 0 Å². The largest absolute Gasteiger partial charge is 0.340 e. The van der Waals surface area contributed by atoms with Crippen molar-refractivity contribution >= 4 is 5.91 Å². The smallest absolute Gasteiger partial charge is 0.253 e. The van der Waals surface area contributed by atoms with E-state index in [4.69, 9.17) is 4.52 Å². The molecule has 28 heavy (non-hydrogen) atoms. The van der Waals surface area contributed by atoms with Crippen LogP contribution in [0.5, 0.6) is 0 Å². The lowest BCUT2D eigenvalue weighted by atomic mass is 9.96. The van der Waals surface area contributed by atoms with Gasteiger partial charge in [-0.1, -0.05) is 17.3 Å². The predicted molar refractivity (Wildman–Crippen MR) is 101 cm³/mol. The minimum Gasteiger partial charge on any atom is -0.340 e. The number of likely N-dealkylation sites (tertiary alicyclic amines) is 1. The molecule has 2 aromatic heterocycles. The molecule has 0 saturated carbocycles. The Kier molecular flexibility index (Phi) is 4.85. The fourth-order valence-electron chi connectivity index (χ4n) is 3.53. The molecule has 4 rings (SSSR count). The fourth-order valence-corrected chi connectivity index (χ4v) is 3.53. The number of carbonyl (C=O) groups excluding carboxylic acids is 1. The number of nitriles is 1. The van der Waals surface area contributed by atoms with Crippen molar-refractivity contribution in [2.75, 3.05) is 13.1 Å². The normalized spacial score (nSPS) is 16.6. The highest BCUT2D eigenvalue weighted by Crippen LogP contribution is 2.27. The second-order valence-electron chi connectivity index (χ2n) is 6.85. The molecule has 7 nitrogen and oxygen atoms in total. The van der Waals surface area contributed by atoms with E-state index in [1.807, 2.05) is 17.0 Å². The van der Waals surface area contributed by atoms with Crippen molar-refractivity contribution in [3.05, 3.63) is 65.4 Å². The van der Waals surface area contributed by atoms with E-state index in [0.717, 1.165) is 18.4 Å². The molecule has 1 aliphatic rings. The Bertz CT molecular complexity index is 1040. The molecule has 0 radical (unpaired) electrons. The summed E-state index contributed by atoms with van der Waals surface area (Å²) < 4.78 is 5.08. The van der Waals surface area contributed by atoms with E-state index in [0.29, 0.717) is 41.6 Å². The molecule has 1 amide bonds. The molecule has 140 valence electrons. The number of pyridine rings is 1. The summed E-state index contributed by atoms with van der Waals surface area (Å²) in [5.74, 6) is 1.30. The van der Waals surface area contributed by atoms with Crippen LogP contribution in [-0.2, 0) is 0 Å². The highest BCUT2D eigenvalue weighted by atomic mass is 16.5. The highest BCUT2D eigenvalue weighted by molar-refractivity contribution is 5.94. The molecule has 1 aromatic carbocycles. The molecule has 7 heteroatoms. The third kappa shape index (κ3) is 3.49. The summed E-state index contributed by atoms with van der Waals surface area (Å²) in [7, 11) is 0. The summed E-state index contributed by atoms with van der Waals surface area (Å²) in [6.45, 7) is 3.06. The summed E-state index contributed by atoms with van der Waals surface area (Å²) in [6, 6.07) is 12.9. The molecule has 1 fully saturated rings. The fraction of sp³-hybridized carbons (Fsp3) is 0.286. The SMILES string of the molecule is Cc1nc(C2CCCN(C(=O)c3ccc(-c4ncccc4C#N)cc3)C2)no1. The molecule has 0 N–H and O–H groups in total. The molecule has 1 atom stereocenters. The second-order valence-corrected chi connectivity index (χ2v) is 6.85. The Morgan fingerprint density at radius 3 is 2.82 bits per heavy atom. The van der Waals surface area contributed by atoms with Crippen LogP contribution in [-0.4, -0.2) is 39.0 Å². The quantitative estimate of drug-likeness (QED) is 0.699. The van der Waals surface area contributed by atoms with Crippen molar-refractivity contribution in [2.24, 2.45) is 0 Å². The monoisotopic (exact) mass is 373 g/mol. The number of aryl methyl sites for hydroxylation is 1. The number of hydrogen-bond donors (Lipinski definition) is 0. The average molecular weight is 373 g/mol. The maximum atomic E-state index is 12.9. The van der Waals surface area contributed by atoms with Crippen molar-refractivity contribution in [2.45, 2.75) is 25.7 Å². The van der Waals surface area contributed by atoms with Crippen LogP contribution in [0.4, 0.5) is 0 Å². The molecule has 3 heterocycles. The summed E-state index contributed by atoms with van der Waals surface area (Å²) in [6.07, 6.45) is 3.50. The maximum Gasteiger partial charge on any atom is 0.253 e. The summed E-state index contributed by atoms with van der Waals surface area (Å²) in [4.78, 5) is 23.4. The van der Waals surface area contributed by atoms with E-state index in [1.54, 1.807) is 37.4 Å². The number of amides is 1. The number of aromatic nitrogens is 3. The standard InChI is InChI=1S/C21H19N5O2/c1-14-24-20(25-28-14)18-5-3-11-26(13-18)21(27)16-8-6-15(7-9-16)19-17(12-22)4-2-10-23-19/h2,4,6-10,18H,3,5,11,13H2,1H3. The maximum absolute atomic E-state index is 12.9. The van der Waals surface area contributed by atoms with E-state index in [2.05, 4.69) is 21.2 Å². The topological polar surface area (TPSA) is 95.9 Å². The molecule has 0 bridgehead atoms. The van der Waals surface area contributed by atoms with Crippen LogP contribution in [0.3, 0.4) is 0 Å². The molecule has 0 aliphatic carbocycles. The highest BCUT2D eigenvalue weighted by Gasteiger charge is 2.28. The number of benzene rings is 1. The van der Waals surface area contributed by atoms with E-state index >= 15 is 0 Å². The molecular formula is C21H19N5O2. The lowest BCUT2D eigenvalue weighted by molar-refractivity contribution is 0.0703. The number of carbonyl (C=O) groups is 1. The first-order valence-corrected chi connectivity index (χ1v) is 9.20. The number of nitrogens with zero attached hydrogens (tertiary/aromatic N) is 5. The van der Waals surface area contributed by atoms with Gasteiger partial charge in [0.2, 0.25) is 5.89 Å². The molecular weight excluding hydrogens is 354 g/mol. The van der Waals surface area contributed by atoms with Crippen LogP contribution < -0.4 is 0 Å². The van der Waals surface area contributed by atoms with Gasteiger partial charge in [0.15, 0.2) is 5.82 Å². The molecule has 1 saturated heterocycles. The molecule has 1 aliphatic heterocycles. The van der Waals surface area contributed by atoms with Gasteiger partial charge in [-0.3, -0.25) is 9.78 Å². The Morgan fingerprint density at radius 2 is 2.11 bits per heavy atom. The summed E-state index contributed by atoms with van der Waals surface area (Å²) in [5.41, 5.74) is 2.56. The van der Waals surface area contributed by atoms with Gasteiger partial charge in [-0.2, -0.15) is 10.2 Å². The summed E-state index contributed by atoms with van der Waals surface area (Å²) >= 11 is 0.